The van der Waals surface area contributed by atoms with Crippen molar-refractivity contribution in [2.45, 2.75) is 0 Å². The lowest BCUT2D eigenvalue weighted by Crippen LogP contribution is -2.15. The fourth-order valence-electron chi connectivity index (χ4n) is 2.18. The van der Waals surface area contributed by atoms with Gasteiger partial charge in [-0.1, -0.05) is 17.7 Å². The molecule has 1 aromatic heterocycles. The van der Waals surface area contributed by atoms with Crippen molar-refractivity contribution in [3.63, 3.8) is 0 Å². The van der Waals surface area contributed by atoms with Crippen molar-refractivity contribution >= 4 is 34.7 Å². The van der Waals surface area contributed by atoms with E-state index >= 15 is 0 Å². The van der Waals surface area contributed by atoms with Gasteiger partial charge >= 0.3 is 0 Å². The van der Waals surface area contributed by atoms with Crippen LogP contribution in [0.1, 0.15) is 10.4 Å². The number of anilines is 3. The molecule has 0 bridgehead atoms. The zero-order chi connectivity index (χ0) is 18.7. The maximum Gasteiger partial charge on any atom is 0.261 e. The minimum atomic E-state index is -0.753. The molecule has 8 heteroatoms. The highest BCUT2D eigenvalue weighted by Crippen LogP contribution is 2.22. The van der Waals surface area contributed by atoms with Crippen molar-refractivity contribution in [3.05, 3.63) is 82.8 Å². The average molecular weight is 378 g/mol. The molecule has 0 atom stereocenters. The van der Waals surface area contributed by atoms with Crippen molar-refractivity contribution in [2.24, 2.45) is 0 Å². The molecular weight excluding hydrogens is 367 g/mol. The fourth-order valence-corrected chi connectivity index (χ4v) is 2.43. The zero-order valence-corrected chi connectivity index (χ0v) is 13.8. The molecule has 0 spiro atoms. The van der Waals surface area contributed by atoms with Crippen LogP contribution in [0, 0.1) is 17.5 Å². The Morgan fingerprint density at radius 1 is 1.00 bits per heavy atom. The average Bonchev–Trinajstić information content (AvgIpc) is 2.59. The maximum absolute atomic E-state index is 13.7. The summed E-state index contributed by atoms with van der Waals surface area (Å²) in [5.41, 5.74) is 0.201. The Kier molecular flexibility index (Phi) is 5.09. The van der Waals surface area contributed by atoms with Gasteiger partial charge in [0, 0.05) is 6.07 Å². The van der Waals surface area contributed by atoms with Crippen LogP contribution in [-0.2, 0) is 0 Å². The van der Waals surface area contributed by atoms with Crippen LogP contribution in [-0.4, -0.2) is 10.9 Å². The highest BCUT2D eigenvalue weighted by atomic mass is 35.5. The van der Waals surface area contributed by atoms with E-state index in [1.807, 2.05) is 0 Å². The summed E-state index contributed by atoms with van der Waals surface area (Å²) >= 11 is 5.84. The highest BCUT2D eigenvalue weighted by Gasteiger charge is 2.16. The molecule has 0 aliphatic carbocycles. The third kappa shape index (κ3) is 3.94. The molecule has 0 saturated carbocycles. The van der Waals surface area contributed by atoms with Gasteiger partial charge < -0.3 is 10.6 Å². The predicted octanol–water partition coefficient (Wildman–Crippen LogP) is 5.15. The quantitative estimate of drug-likeness (QED) is 0.661. The maximum atomic E-state index is 13.7. The Bertz CT molecular complexity index is 944. The van der Waals surface area contributed by atoms with Gasteiger partial charge in [-0.25, -0.2) is 18.2 Å². The van der Waals surface area contributed by atoms with Crippen molar-refractivity contribution in [1.29, 1.82) is 0 Å². The summed E-state index contributed by atoms with van der Waals surface area (Å²) in [6.45, 7) is 0. The van der Waals surface area contributed by atoms with Crippen molar-refractivity contribution in [1.82, 2.24) is 4.98 Å². The minimum Gasteiger partial charge on any atom is -0.352 e. The molecule has 3 aromatic rings. The van der Waals surface area contributed by atoms with Crippen LogP contribution in [0.4, 0.5) is 30.4 Å². The summed E-state index contributed by atoms with van der Waals surface area (Å²) in [4.78, 5) is 16.1. The lowest BCUT2D eigenvalue weighted by atomic mass is 10.2. The number of rotatable bonds is 4. The van der Waals surface area contributed by atoms with E-state index in [4.69, 9.17) is 11.6 Å². The largest absolute Gasteiger partial charge is 0.352 e. The molecule has 3 rings (SSSR count). The smallest absolute Gasteiger partial charge is 0.261 e. The van der Waals surface area contributed by atoms with Crippen LogP contribution in [0.2, 0.25) is 5.02 Å². The van der Waals surface area contributed by atoms with Gasteiger partial charge in [0.1, 0.15) is 23.3 Å². The van der Waals surface area contributed by atoms with E-state index in [0.717, 1.165) is 18.2 Å². The summed E-state index contributed by atoms with van der Waals surface area (Å²) in [6.07, 6.45) is 1.33. The van der Waals surface area contributed by atoms with Gasteiger partial charge in [-0.2, -0.15) is 0 Å². The minimum absolute atomic E-state index is 0.0208. The van der Waals surface area contributed by atoms with Gasteiger partial charge in [-0.05, 0) is 36.4 Å². The van der Waals surface area contributed by atoms with Gasteiger partial charge in [0.2, 0.25) is 0 Å². The van der Waals surface area contributed by atoms with Crippen LogP contribution < -0.4 is 10.6 Å². The van der Waals surface area contributed by atoms with Gasteiger partial charge in [-0.3, -0.25) is 4.79 Å². The second-order valence-corrected chi connectivity index (χ2v) is 5.64. The Labute approximate surface area is 151 Å². The van der Waals surface area contributed by atoms with Crippen LogP contribution >= 0.6 is 11.6 Å². The molecule has 0 radical (unpaired) electrons. The van der Waals surface area contributed by atoms with Crippen LogP contribution in [0.25, 0.3) is 0 Å². The second-order valence-electron chi connectivity index (χ2n) is 5.23. The van der Waals surface area contributed by atoms with Gasteiger partial charge in [0.15, 0.2) is 0 Å². The first-order valence-corrected chi connectivity index (χ1v) is 7.75. The van der Waals surface area contributed by atoms with Gasteiger partial charge in [0.05, 0.1) is 28.2 Å². The van der Waals surface area contributed by atoms with Gasteiger partial charge in [-0.15, -0.1) is 0 Å². The summed E-state index contributed by atoms with van der Waals surface area (Å²) in [5, 5.41) is 5.13. The molecule has 132 valence electrons. The topological polar surface area (TPSA) is 54.0 Å². The molecule has 0 aliphatic heterocycles. The molecule has 0 unspecified atom stereocenters. The Balaban J connectivity index is 1.72. The summed E-state index contributed by atoms with van der Waals surface area (Å²) in [7, 11) is 0. The van der Waals surface area contributed by atoms with E-state index in [1.54, 1.807) is 0 Å². The molecule has 2 N–H and O–H groups in total. The third-order valence-electron chi connectivity index (χ3n) is 3.41. The molecule has 1 amide bonds. The molecule has 4 nitrogen and oxygen atoms in total. The zero-order valence-electron chi connectivity index (χ0n) is 13.1. The number of pyridine rings is 1. The molecule has 2 aromatic carbocycles. The van der Waals surface area contributed by atoms with E-state index in [0.29, 0.717) is 5.69 Å². The first kappa shape index (κ1) is 17.8. The summed E-state index contributed by atoms with van der Waals surface area (Å²) in [5.74, 6) is -2.78. The van der Waals surface area contributed by atoms with Crippen molar-refractivity contribution in [3.8, 4) is 0 Å². The van der Waals surface area contributed by atoms with E-state index in [-0.39, 0.29) is 22.1 Å². The van der Waals surface area contributed by atoms with Crippen molar-refractivity contribution < 1.29 is 18.0 Å². The van der Waals surface area contributed by atoms with Crippen LogP contribution in [0.15, 0.2) is 54.7 Å². The normalized spacial score (nSPS) is 10.5. The van der Waals surface area contributed by atoms with Gasteiger partial charge in [0.25, 0.3) is 5.91 Å². The Morgan fingerprint density at radius 2 is 1.81 bits per heavy atom. The second kappa shape index (κ2) is 7.45. The number of amides is 1. The summed E-state index contributed by atoms with van der Waals surface area (Å²) in [6, 6.07) is 10.00. The first-order valence-electron chi connectivity index (χ1n) is 7.37. The van der Waals surface area contributed by atoms with Crippen LogP contribution in [0.5, 0.6) is 0 Å². The lowest BCUT2D eigenvalue weighted by Gasteiger charge is -2.09. The number of benzene rings is 2. The SMILES string of the molecule is O=C(Nc1ccc(Nc2ccc(F)cc2F)cn1)c1c(F)cccc1Cl. The number of aromatic nitrogens is 1. The van der Waals surface area contributed by atoms with Crippen molar-refractivity contribution in [2.75, 3.05) is 10.6 Å². The molecule has 1 heterocycles. The van der Waals surface area contributed by atoms with E-state index in [2.05, 4.69) is 15.6 Å². The van der Waals surface area contributed by atoms with Crippen LogP contribution in [0.3, 0.4) is 0 Å². The molecule has 0 saturated heterocycles. The molecule has 0 fully saturated rings. The summed E-state index contributed by atoms with van der Waals surface area (Å²) < 4.78 is 40.3. The fraction of sp³-hybridized carbons (Fsp3) is 0. The Hall–Kier alpha value is -3.06. The number of carbonyl (C=O) groups excluding carboxylic acids is 1. The number of nitrogens with one attached hydrogen (secondary N) is 2. The number of carbonyl (C=O) groups is 1. The number of halogens is 4. The molecule has 26 heavy (non-hydrogen) atoms. The molecular formula is C18H11ClF3N3O. The number of hydrogen-bond donors (Lipinski definition) is 2. The predicted molar refractivity (Wildman–Crippen MR) is 93.2 cm³/mol. The standard InChI is InChI=1S/C18H11ClF3N3O/c19-12-2-1-3-13(21)17(12)18(26)25-16-7-5-11(9-23-16)24-15-6-4-10(20)8-14(15)22/h1-9,24H,(H,23,25,26). The van der Waals surface area contributed by atoms with E-state index in [1.165, 1.54) is 36.5 Å². The molecule has 0 aliphatic rings. The third-order valence-corrected chi connectivity index (χ3v) is 3.72. The highest BCUT2D eigenvalue weighted by molar-refractivity contribution is 6.34. The number of nitrogens with zero attached hydrogens (tertiary/aromatic N) is 1. The van der Waals surface area contributed by atoms with E-state index < -0.39 is 23.4 Å². The first-order chi connectivity index (χ1) is 12.4. The Morgan fingerprint density at radius 3 is 2.46 bits per heavy atom. The monoisotopic (exact) mass is 377 g/mol. The number of hydrogen-bond acceptors (Lipinski definition) is 3. The lowest BCUT2D eigenvalue weighted by molar-refractivity contribution is 0.102. The van der Waals surface area contributed by atoms with E-state index in [9.17, 15) is 18.0 Å².